The van der Waals surface area contributed by atoms with Crippen molar-refractivity contribution in [2.75, 3.05) is 5.32 Å². The standard InChI is InChI=1S/C17H26N2S/c1-3-13(2)14-9-11-16(12-10-14)19-17(20)18-15-7-5-4-6-8-15/h9-13,15H,3-8H2,1-2H3,(H2,18,19,20). The normalized spacial score (nSPS) is 17.5. The van der Waals surface area contributed by atoms with Gasteiger partial charge in [-0.05, 0) is 55.1 Å². The first-order valence-corrected chi connectivity index (χ1v) is 8.27. The summed E-state index contributed by atoms with van der Waals surface area (Å²) < 4.78 is 0. The number of anilines is 1. The Morgan fingerprint density at radius 3 is 2.45 bits per heavy atom. The van der Waals surface area contributed by atoms with Gasteiger partial charge >= 0.3 is 0 Å². The third-order valence-electron chi connectivity index (χ3n) is 4.29. The fourth-order valence-electron chi connectivity index (χ4n) is 2.73. The average Bonchev–Trinajstić information content (AvgIpc) is 2.48. The average molecular weight is 290 g/mol. The van der Waals surface area contributed by atoms with Crippen molar-refractivity contribution in [3.63, 3.8) is 0 Å². The molecule has 1 aliphatic carbocycles. The molecule has 3 heteroatoms. The van der Waals surface area contributed by atoms with Gasteiger partial charge < -0.3 is 10.6 Å². The van der Waals surface area contributed by atoms with Crippen molar-refractivity contribution in [3.8, 4) is 0 Å². The van der Waals surface area contributed by atoms with E-state index in [-0.39, 0.29) is 0 Å². The Balaban J connectivity index is 1.84. The molecule has 1 aromatic carbocycles. The van der Waals surface area contributed by atoms with Gasteiger partial charge in [-0.3, -0.25) is 0 Å². The molecule has 1 atom stereocenters. The largest absolute Gasteiger partial charge is 0.360 e. The Kier molecular flexibility index (Phi) is 5.84. The van der Waals surface area contributed by atoms with Crippen LogP contribution in [0.2, 0.25) is 0 Å². The highest BCUT2D eigenvalue weighted by atomic mass is 32.1. The lowest BCUT2D eigenvalue weighted by Gasteiger charge is -2.24. The number of benzene rings is 1. The highest BCUT2D eigenvalue weighted by Gasteiger charge is 2.13. The van der Waals surface area contributed by atoms with Gasteiger partial charge in [-0.1, -0.05) is 45.2 Å². The molecular formula is C17H26N2S. The zero-order valence-electron chi connectivity index (χ0n) is 12.6. The van der Waals surface area contributed by atoms with E-state index in [1.165, 1.54) is 44.1 Å². The summed E-state index contributed by atoms with van der Waals surface area (Å²) in [5, 5.41) is 7.49. The number of rotatable bonds is 4. The third kappa shape index (κ3) is 4.48. The van der Waals surface area contributed by atoms with E-state index in [0.29, 0.717) is 12.0 Å². The van der Waals surface area contributed by atoms with Crippen molar-refractivity contribution >= 4 is 23.0 Å². The Hall–Kier alpha value is -1.09. The molecule has 0 aromatic heterocycles. The van der Waals surface area contributed by atoms with Crippen molar-refractivity contribution in [1.29, 1.82) is 0 Å². The molecule has 0 saturated heterocycles. The molecule has 20 heavy (non-hydrogen) atoms. The van der Waals surface area contributed by atoms with Crippen LogP contribution in [-0.4, -0.2) is 11.2 Å². The zero-order valence-corrected chi connectivity index (χ0v) is 13.4. The van der Waals surface area contributed by atoms with E-state index in [1.807, 2.05) is 0 Å². The van der Waals surface area contributed by atoms with Crippen molar-refractivity contribution in [2.45, 2.75) is 64.3 Å². The van der Waals surface area contributed by atoms with Crippen molar-refractivity contribution in [1.82, 2.24) is 5.32 Å². The first-order valence-electron chi connectivity index (χ1n) is 7.86. The van der Waals surface area contributed by atoms with E-state index >= 15 is 0 Å². The van der Waals surface area contributed by atoms with Crippen LogP contribution in [-0.2, 0) is 0 Å². The van der Waals surface area contributed by atoms with Crippen LogP contribution in [0.15, 0.2) is 24.3 Å². The predicted molar refractivity (Wildman–Crippen MR) is 91.4 cm³/mol. The fraction of sp³-hybridized carbons (Fsp3) is 0.588. The molecule has 1 aliphatic rings. The molecule has 2 nitrogen and oxygen atoms in total. The summed E-state index contributed by atoms with van der Waals surface area (Å²) in [6.07, 6.45) is 7.68. The van der Waals surface area contributed by atoms with Crippen LogP contribution in [0.1, 0.15) is 63.9 Å². The van der Waals surface area contributed by atoms with Crippen molar-refractivity contribution < 1.29 is 0 Å². The summed E-state index contributed by atoms with van der Waals surface area (Å²) >= 11 is 5.40. The van der Waals surface area contributed by atoms with Gasteiger partial charge in [-0.25, -0.2) is 0 Å². The Morgan fingerprint density at radius 1 is 1.20 bits per heavy atom. The highest BCUT2D eigenvalue weighted by Crippen LogP contribution is 2.21. The molecule has 0 spiro atoms. The molecule has 1 unspecified atom stereocenters. The Bertz CT molecular complexity index is 421. The lowest BCUT2D eigenvalue weighted by Crippen LogP contribution is -2.38. The minimum Gasteiger partial charge on any atom is -0.360 e. The second-order valence-corrected chi connectivity index (χ2v) is 6.27. The van der Waals surface area contributed by atoms with Crippen LogP contribution in [0.25, 0.3) is 0 Å². The molecule has 2 N–H and O–H groups in total. The van der Waals surface area contributed by atoms with Gasteiger partial charge in [-0.15, -0.1) is 0 Å². The minimum absolute atomic E-state index is 0.558. The maximum atomic E-state index is 5.40. The molecule has 1 saturated carbocycles. The van der Waals surface area contributed by atoms with E-state index in [9.17, 15) is 0 Å². The quantitative estimate of drug-likeness (QED) is 0.777. The van der Waals surface area contributed by atoms with Gasteiger partial charge in [0, 0.05) is 11.7 Å². The van der Waals surface area contributed by atoms with Crippen molar-refractivity contribution in [2.24, 2.45) is 0 Å². The SMILES string of the molecule is CCC(C)c1ccc(NC(=S)NC2CCCCC2)cc1. The van der Waals surface area contributed by atoms with Gasteiger partial charge in [0.15, 0.2) is 5.11 Å². The summed E-state index contributed by atoms with van der Waals surface area (Å²) in [6.45, 7) is 4.48. The summed E-state index contributed by atoms with van der Waals surface area (Å²) in [5.74, 6) is 0.622. The topological polar surface area (TPSA) is 24.1 Å². The molecule has 0 radical (unpaired) electrons. The molecule has 2 rings (SSSR count). The second-order valence-electron chi connectivity index (χ2n) is 5.86. The number of hydrogen-bond donors (Lipinski definition) is 2. The lowest BCUT2D eigenvalue weighted by atomic mass is 9.96. The van der Waals surface area contributed by atoms with Gasteiger partial charge in [0.05, 0.1) is 0 Å². The molecule has 1 aromatic rings. The third-order valence-corrected chi connectivity index (χ3v) is 4.51. The molecule has 110 valence electrons. The highest BCUT2D eigenvalue weighted by molar-refractivity contribution is 7.80. The van der Waals surface area contributed by atoms with E-state index in [4.69, 9.17) is 12.2 Å². The predicted octanol–water partition coefficient (Wildman–Crippen LogP) is 4.82. The zero-order chi connectivity index (χ0) is 14.4. The first kappa shape index (κ1) is 15.3. The van der Waals surface area contributed by atoms with Gasteiger partial charge in [0.2, 0.25) is 0 Å². The van der Waals surface area contributed by atoms with Gasteiger partial charge in [-0.2, -0.15) is 0 Å². The van der Waals surface area contributed by atoms with E-state index < -0.39 is 0 Å². The lowest BCUT2D eigenvalue weighted by molar-refractivity contribution is 0.415. The van der Waals surface area contributed by atoms with Crippen LogP contribution >= 0.6 is 12.2 Å². The van der Waals surface area contributed by atoms with E-state index in [0.717, 1.165) is 10.8 Å². The van der Waals surface area contributed by atoms with Crippen LogP contribution in [0.5, 0.6) is 0 Å². The maximum absolute atomic E-state index is 5.40. The summed E-state index contributed by atoms with van der Waals surface area (Å²) in [4.78, 5) is 0. The molecule has 0 bridgehead atoms. The van der Waals surface area contributed by atoms with Crippen LogP contribution in [0.4, 0.5) is 5.69 Å². The molecular weight excluding hydrogens is 264 g/mol. The van der Waals surface area contributed by atoms with E-state index in [1.54, 1.807) is 0 Å². The smallest absolute Gasteiger partial charge is 0.170 e. The van der Waals surface area contributed by atoms with Gasteiger partial charge in [0.25, 0.3) is 0 Å². The summed E-state index contributed by atoms with van der Waals surface area (Å²) in [6, 6.07) is 9.19. The molecule has 0 aliphatic heterocycles. The minimum atomic E-state index is 0.558. The summed E-state index contributed by atoms with van der Waals surface area (Å²) in [5.41, 5.74) is 2.47. The molecule has 0 amide bonds. The van der Waals surface area contributed by atoms with Crippen LogP contribution in [0.3, 0.4) is 0 Å². The fourth-order valence-corrected chi connectivity index (χ4v) is 3.01. The van der Waals surface area contributed by atoms with E-state index in [2.05, 4.69) is 48.7 Å². The Morgan fingerprint density at radius 2 is 1.85 bits per heavy atom. The number of nitrogens with one attached hydrogen (secondary N) is 2. The number of hydrogen-bond acceptors (Lipinski definition) is 1. The van der Waals surface area contributed by atoms with Gasteiger partial charge in [0.1, 0.15) is 0 Å². The molecule has 0 heterocycles. The monoisotopic (exact) mass is 290 g/mol. The molecule has 1 fully saturated rings. The van der Waals surface area contributed by atoms with Crippen LogP contribution < -0.4 is 10.6 Å². The first-order chi connectivity index (χ1) is 9.69. The summed E-state index contributed by atoms with van der Waals surface area (Å²) in [7, 11) is 0. The maximum Gasteiger partial charge on any atom is 0.170 e. The number of thiocarbonyl (C=S) groups is 1. The van der Waals surface area contributed by atoms with Crippen molar-refractivity contribution in [3.05, 3.63) is 29.8 Å². The Labute approximate surface area is 128 Å². The second kappa shape index (κ2) is 7.63. The van der Waals surface area contributed by atoms with Crippen LogP contribution in [0, 0.1) is 0 Å².